The van der Waals surface area contributed by atoms with Crippen molar-refractivity contribution in [2.75, 3.05) is 18.2 Å². The number of methoxy groups -OCH3 is 1. The fourth-order valence-electron chi connectivity index (χ4n) is 3.87. The highest BCUT2D eigenvalue weighted by Gasteiger charge is 2.33. The number of thioether (sulfide) groups is 1. The van der Waals surface area contributed by atoms with Crippen molar-refractivity contribution in [1.29, 1.82) is 0 Å². The number of pyridine rings is 2. The van der Waals surface area contributed by atoms with Gasteiger partial charge in [0.25, 0.3) is 5.56 Å². The molecule has 0 saturated heterocycles. The van der Waals surface area contributed by atoms with E-state index in [0.717, 1.165) is 11.1 Å². The fourth-order valence-corrected chi connectivity index (χ4v) is 6.26. The molecule has 0 bridgehead atoms. The lowest BCUT2D eigenvalue weighted by Crippen LogP contribution is -2.32. The monoisotopic (exact) mass is 483 g/mol. The van der Waals surface area contributed by atoms with Crippen molar-refractivity contribution in [2.45, 2.75) is 17.5 Å². The summed E-state index contributed by atoms with van der Waals surface area (Å²) in [5.41, 5.74) is 1.75. The standard InChI is InChI=1S/C23H18ClN3O3S2/c1-30-21-13(8-14-11-31-18-5-3-2-4-16(14)18)9-20(28)27-17(12-32-23(21)27)22(29)26-19-7-6-15(24)10-25-19/h2-7,9-11,17H,8,12H2,1H3,(H,25,26,29)/t17-/m0/s1. The number of rotatable bonds is 5. The van der Waals surface area contributed by atoms with Crippen LogP contribution in [0.3, 0.4) is 0 Å². The Bertz CT molecular complexity index is 1380. The normalized spacial score (nSPS) is 15.0. The number of ether oxygens (including phenoxy) is 1. The van der Waals surface area contributed by atoms with Crippen molar-refractivity contribution < 1.29 is 9.53 Å². The molecule has 1 aromatic carbocycles. The van der Waals surface area contributed by atoms with Gasteiger partial charge in [0.05, 0.1) is 12.1 Å². The van der Waals surface area contributed by atoms with Gasteiger partial charge in [-0.1, -0.05) is 29.8 Å². The van der Waals surface area contributed by atoms with Gasteiger partial charge in [0.1, 0.15) is 16.9 Å². The number of benzene rings is 1. The Morgan fingerprint density at radius 2 is 2.12 bits per heavy atom. The second-order valence-corrected chi connectivity index (χ2v) is 9.68. The molecule has 5 rings (SSSR count). The minimum atomic E-state index is -0.648. The Hall–Kier alpha value is -2.81. The molecular weight excluding hydrogens is 466 g/mol. The molecule has 6 nitrogen and oxygen atoms in total. The van der Waals surface area contributed by atoms with Crippen molar-refractivity contribution in [3.63, 3.8) is 0 Å². The summed E-state index contributed by atoms with van der Waals surface area (Å²) < 4.78 is 8.46. The first kappa shape index (κ1) is 21.1. The minimum absolute atomic E-state index is 0.218. The molecule has 4 aromatic rings. The number of nitrogens with one attached hydrogen (secondary N) is 1. The van der Waals surface area contributed by atoms with Crippen molar-refractivity contribution in [2.24, 2.45) is 0 Å². The van der Waals surface area contributed by atoms with Gasteiger partial charge in [0.2, 0.25) is 5.91 Å². The molecular formula is C23H18ClN3O3S2. The molecule has 1 aliphatic heterocycles. The van der Waals surface area contributed by atoms with E-state index < -0.39 is 6.04 Å². The zero-order chi connectivity index (χ0) is 22.2. The van der Waals surface area contributed by atoms with Gasteiger partial charge in [-0.05, 0) is 34.5 Å². The lowest BCUT2D eigenvalue weighted by atomic mass is 10.0. The third kappa shape index (κ3) is 3.79. The Morgan fingerprint density at radius 3 is 2.91 bits per heavy atom. The fraction of sp³-hybridized carbons (Fsp3) is 0.174. The number of carbonyl (C=O) groups excluding carboxylic acids is 1. The van der Waals surface area contributed by atoms with Crippen LogP contribution in [-0.4, -0.2) is 28.3 Å². The molecule has 3 aromatic heterocycles. The predicted molar refractivity (Wildman–Crippen MR) is 130 cm³/mol. The van der Waals surface area contributed by atoms with Gasteiger partial charge >= 0.3 is 0 Å². The Kier molecular flexibility index (Phi) is 5.67. The van der Waals surface area contributed by atoms with Crippen molar-refractivity contribution in [1.82, 2.24) is 9.55 Å². The van der Waals surface area contributed by atoms with E-state index in [1.54, 1.807) is 36.6 Å². The van der Waals surface area contributed by atoms with Crippen LogP contribution in [0.5, 0.6) is 5.75 Å². The minimum Gasteiger partial charge on any atom is -0.494 e. The van der Waals surface area contributed by atoms with Crippen molar-refractivity contribution >= 4 is 56.5 Å². The molecule has 1 N–H and O–H groups in total. The van der Waals surface area contributed by atoms with Crippen molar-refractivity contribution in [3.8, 4) is 5.75 Å². The third-order valence-electron chi connectivity index (χ3n) is 5.36. The first-order valence-electron chi connectivity index (χ1n) is 9.88. The first-order valence-corrected chi connectivity index (χ1v) is 12.1. The Balaban J connectivity index is 1.47. The predicted octanol–water partition coefficient (Wildman–Crippen LogP) is 5.00. The summed E-state index contributed by atoms with van der Waals surface area (Å²) in [5, 5.41) is 7.23. The molecule has 0 unspecified atom stereocenters. The summed E-state index contributed by atoms with van der Waals surface area (Å²) in [6.45, 7) is 0. The number of aromatic nitrogens is 2. The van der Waals surface area contributed by atoms with Gasteiger partial charge in [-0.15, -0.1) is 23.1 Å². The van der Waals surface area contributed by atoms with Gasteiger partial charge in [-0.2, -0.15) is 0 Å². The highest BCUT2D eigenvalue weighted by Crippen LogP contribution is 2.41. The van der Waals surface area contributed by atoms with Crippen LogP contribution in [0.1, 0.15) is 17.2 Å². The van der Waals surface area contributed by atoms with Gasteiger partial charge in [0, 0.05) is 34.7 Å². The number of carbonyl (C=O) groups is 1. The van der Waals surface area contributed by atoms with Crippen LogP contribution >= 0.6 is 34.7 Å². The summed E-state index contributed by atoms with van der Waals surface area (Å²) in [6.07, 6.45) is 2.05. The maximum atomic E-state index is 13.1. The number of halogens is 1. The van der Waals surface area contributed by atoms with E-state index in [9.17, 15) is 9.59 Å². The lowest BCUT2D eigenvalue weighted by Gasteiger charge is -2.17. The lowest BCUT2D eigenvalue weighted by molar-refractivity contribution is -0.118. The Labute approximate surface area is 197 Å². The van der Waals surface area contributed by atoms with Gasteiger partial charge in [0.15, 0.2) is 5.75 Å². The summed E-state index contributed by atoms with van der Waals surface area (Å²) in [5.74, 6) is 1.17. The molecule has 0 aliphatic carbocycles. The highest BCUT2D eigenvalue weighted by molar-refractivity contribution is 7.99. The van der Waals surface area contributed by atoms with E-state index in [1.165, 1.54) is 32.6 Å². The van der Waals surface area contributed by atoms with Crippen LogP contribution in [0.25, 0.3) is 10.1 Å². The van der Waals surface area contributed by atoms with E-state index in [1.807, 2.05) is 12.1 Å². The van der Waals surface area contributed by atoms with Crippen LogP contribution in [0.15, 0.2) is 63.9 Å². The number of thiophene rings is 1. The number of amides is 1. The third-order valence-corrected chi connectivity index (χ3v) is 7.73. The van der Waals surface area contributed by atoms with Crippen LogP contribution in [0, 0.1) is 0 Å². The number of hydrogen-bond donors (Lipinski definition) is 1. The Morgan fingerprint density at radius 1 is 1.28 bits per heavy atom. The largest absolute Gasteiger partial charge is 0.494 e. The van der Waals surface area contributed by atoms with E-state index in [-0.39, 0.29) is 11.5 Å². The number of hydrogen-bond acceptors (Lipinski definition) is 6. The highest BCUT2D eigenvalue weighted by atomic mass is 35.5. The van der Waals surface area contributed by atoms with Crippen LogP contribution in [0.4, 0.5) is 5.82 Å². The zero-order valence-corrected chi connectivity index (χ0v) is 19.4. The molecule has 1 aliphatic rings. The molecule has 162 valence electrons. The second kappa shape index (κ2) is 8.61. The molecule has 4 heterocycles. The summed E-state index contributed by atoms with van der Waals surface area (Å²) in [6, 6.07) is 12.4. The molecule has 0 saturated carbocycles. The zero-order valence-electron chi connectivity index (χ0n) is 17.0. The molecule has 0 fully saturated rings. The van der Waals surface area contributed by atoms with E-state index in [2.05, 4.69) is 27.8 Å². The average Bonchev–Trinajstić information content (AvgIpc) is 3.41. The molecule has 1 amide bonds. The maximum absolute atomic E-state index is 13.1. The molecule has 0 radical (unpaired) electrons. The average molecular weight is 484 g/mol. The number of anilines is 1. The summed E-state index contributed by atoms with van der Waals surface area (Å²) >= 11 is 8.99. The van der Waals surface area contributed by atoms with Gasteiger partial charge < -0.3 is 10.1 Å². The number of fused-ring (bicyclic) bond motifs is 2. The smallest absolute Gasteiger partial charge is 0.252 e. The van der Waals surface area contributed by atoms with Crippen LogP contribution in [0.2, 0.25) is 5.02 Å². The quantitative estimate of drug-likeness (QED) is 0.432. The first-order chi connectivity index (χ1) is 15.5. The SMILES string of the molecule is COc1c(Cc2csc3ccccc23)cc(=O)n2c1SC[C@H]2C(=O)Nc1ccc(Cl)cn1. The summed E-state index contributed by atoms with van der Waals surface area (Å²) in [7, 11) is 1.60. The number of nitrogens with zero attached hydrogens (tertiary/aromatic N) is 2. The molecule has 1 atom stereocenters. The van der Waals surface area contributed by atoms with Gasteiger partial charge in [-0.25, -0.2) is 4.98 Å². The molecule has 9 heteroatoms. The van der Waals surface area contributed by atoms with E-state index in [4.69, 9.17) is 16.3 Å². The van der Waals surface area contributed by atoms with Gasteiger partial charge in [-0.3, -0.25) is 14.2 Å². The van der Waals surface area contributed by atoms with Crippen LogP contribution < -0.4 is 15.6 Å². The van der Waals surface area contributed by atoms with E-state index in [0.29, 0.717) is 33.8 Å². The van der Waals surface area contributed by atoms with E-state index >= 15 is 0 Å². The topological polar surface area (TPSA) is 73.2 Å². The molecule has 32 heavy (non-hydrogen) atoms. The van der Waals surface area contributed by atoms with Crippen LogP contribution in [-0.2, 0) is 11.2 Å². The second-order valence-electron chi connectivity index (χ2n) is 7.33. The molecule has 0 spiro atoms. The maximum Gasteiger partial charge on any atom is 0.252 e. The summed E-state index contributed by atoms with van der Waals surface area (Å²) in [4.78, 5) is 30.1. The van der Waals surface area contributed by atoms with Crippen molar-refractivity contribution in [3.05, 3.63) is 80.5 Å².